The number of hydrogen-bond acceptors (Lipinski definition) is 2. The summed E-state index contributed by atoms with van der Waals surface area (Å²) in [7, 11) is 0. The van der Waals surface area contributed by atoms with Gasteiger partial charge in [-0.2, -0.15) is 0 Å². The zero-order valence-corrected chi connectivity index (χ0v) is 7.83. The monoisotopic (exact) mass is 183 g/mol. The average molecular weight is 183 g/mol. The Morgan fingerprint density at radius 1 is 1.31 bits per heavy atom. The summed E-state index contributed by atoms with van der Waals surface area (Å²) in [5, 5.41) is 12.3. The third kappa shape index (κ3) is 1.85. The molecule has 0 amide bonds. The van der Waals surface area contributed by atoms with Crippen LogP contribution in [0.5, 0.6) is 0 Å². The van der Waals surface area contributed by atoms with Gasteiger partial charge in [-0.3, -0.25) is 4.79 Å². The van der Waals surface area contributed by atoms with Crippen molar-refractivity contribution < 1.29 is 9.90 Å². The number of hydrogen-bond donors (Lipinski definition) is 2. The van der Waals surface area contributed by atoms with Crippen molar-refractivity contribution in [2.45, 2.75) is 38.1 Å². The lowest BCUT2D eigenvalue weighted by Crippen LogP contribution is -2.48. The minimum atomic E-state index is -0.628. The van der Waals surface area contributed by atoms with Gasteiger partial charge in [0, 0.05) is 12.6 Å². The van der Waals surface area contributed by atoms with Gasteiger partial charge in [-0.05, 0) is 25.2 Å². The van der Waals surface area contributed by atoms with Crippen LogP contribution in [0, 0.1) is 11.8 Å². The molecule has 3 atom stereocenters. The first kappa shape index (κ1) is 9.00. The first-order valence-corrected chi connectivity index (χ1v) is 5.23. The lowest BCUT2D eigenvalue weighted by atomic mass is 9.76. The first-order valence-electron chi connectivity index (χ1n) is 5.23. The number of fused-ring (bicyclic) bond motifs is 1. The summed E-state index contributed by atoms with van der Waals surface area (Å²) in [4.78, 5) is 10.8. The van der Waals surface area contributed by atoms with Crippen LogP contribution in [0.3, 0.4) is 0 Å². The van der Waals surface area contributed by atoms with E-state index in [9.17, 15) is 4.79 Å². The Morgan fingerprint density at radius 3 is 2.85 bits per heavy atom. The molecule has 74 valence electrons. The fourth-order valence-electron chi connectivity index (χ4n) is 2.69. The first-order chi connectivity index (χ1) is 6.27. The van der Waals surface area contributed by atoms with Gasteiger partial charge in [0.2, 0.25) is 0 Å². The minimum Gasteiger partial charge on any atom is -0.481 e. The van der Waals surface area contributed by atoms with E-state index in [0.717, 1.165) is 6.42 Å². The summed E-state index contributed by atoms with van der Waals surface area (Å²) in [6.45, 7) is 0.677. The van der Waals surface area contributed by atoms with Gasteiger partial charge in [-0.1, -0.05) is 12.8 Å². The van der Waals surface area contributed by atoms with E-state index in [2.05, 4.69) is 5.32 Å². The SMILES string of the molecule is O=C(O)[C@H]1CN[C@@H]2CCCC[C@H]2C1. The smallest absolute Gasteiger partial charge is 0.307 e. The molecule has 0 aromatic rings. The highest BCUT2D eigenvalue weighted by Gasteiger charge is 2.34. The molecule has 2 fully saturated rings. The Kier molecular flexibility index (Phi) is 2.54. The molecule has 1 saturated carbocycles. The molecular formula is C10H17NO2. The molecule has 0 aromatic heterocycles. The van der Waals surface area contributed by atoms with Crippen LogP contribution in [0.25, 0.3) is 0 Å². The van der Waals surface area contributed by atoms with Crippen molar-refractivity contribution >= 4 is 5.97 Å². The Morgan fingerprint density at radius 2 is 2.08 bits per heavy atom. The third-order valence-electron chi connectivity index (χ3n) is 3.47. The summed E-state index contributed by atoms with van der Waals surface area (Å²) in [5.74, 6) is -0.139. The molecule has 2 aliphatic rings. The highest BCUT2D eigenvalue weighted by molar-refractivity contribution is 5.70. The maximum atomic E-state index is 10.8. The molecule has 2 N–H and O–H groups in total. The predicted molar refractivity (Wildman–Crippen MR) is 49.5 cm³/mol. The number of nitrogens with one attached hydrogen (secondary N) is 1. The maximum Gasteiger partial charge on any atom is 0.307 e. The van der Waals surface area contributed by atoms with Crippen molar-refractivity contribution in [2.24, 2.45) is 11.8 Å². The highest BCUT2D eigenvalue weighted by atomic mass is 16.4. The number of aliphatic carboxylic acids is 1. The van der Waals surface area contributed by atoms with Crippen LogP contribution >= 0.6 is 0 Å². The van der Waals surface area contributed by atoms with E-state index in [1.165, 1.54) is 25.7 Å². The van der Waals surface area contributed by atoms with Gasteiger partial charge in [0.05, 0.1) is 5.92 Å². The molecule has 1 saturated heterocycles. The number of rotatable bonds is 1. The second-order valence-corrected chi connectivity index (χ2v) is 4.33. The van der Waals surface area contributed by atoms with Gasteiger partial charge < -0.3 is 10.4 Å². The van der Waals surface area contributed by atoms with Gasteiger partial charge in [0.1, 0.15) is 0 Å². The van der Waals surface area contributed by atoms with Crippen molar-refractivity contribution in [3.63, 3.8) is 0 Å². The highest BCUT2D eigenvalue weighted by Crippen LogP contribution is 2.32. The van der Waals surface area contributed by atoms with Gasteiger partial charge in [-0.15, -0.1) is 0 Å². The van der Waals surface area contributed by atoms with Gasteiger partial charge in [-0.25, -0.2) is 0 Å². The van der Waals surface area contributed by atoms with Crippen LogP contribution < -0.4 is 5.32 Å². The van der Waals surface area contributed by atoms with Crippen LogP contribution in [0.1, 0.15) is 32.1 Å². The van der Waals surface area contributed by atoms with Crippen LogP contribution in [0.15, 0.2) is 0 Å². The minimum absolute atomic E-state index is 0.139. The zero-order valence-electron chi connectivity index (χ0n) is 7.83. The molecule has 0 radical (unpaired) electrons. The molecule has 1 aliphatic carbocycles. The molecule has 1 aliphatic heterocycles. The van der Waals surface area contributed by atoms with Crippen LogP contribution in [-0.4, -0.2) is 23.7 Å². The molecule has 13 heavy (non-hydrogen) atoms. The van der Waals surface area contributed by atoms with Crippen LogP contribution in [0.2, 0.25) is 0 Å². The van der Waals surface area contributed by atoms with Gasteiger partial charge in [0.15, 0.2) is 0 Å². The third-order valence-corrected chi connectivity index (χ3v) is 3.47. The summed E-state index contributed by atoms with van der Waals surface area (Å²) in [5.41, 5.74) is 0. The van der Waals surface area contributed by atoms with E-state index < -0.39 is 5.97 Å². The Labute approximate surface area is 78.5 Å². The van der Waals surface area contributed by atoms with Gasteiger partial charge >= 0.3 is 5.97 Å². The molecule has 3 nitrogen and oxygen atoms in total. The average Bonchev–Trinajstić information content (AvgIpc) is 2.17. The second kappa shape index (κ2) is 3.66. The Balaban J connectivity index is 1.95. The molecule has 0 aromatic carbocycles. The summed E-state index contributed by atoms with van der Waals surface area (Å²) < 4.78 is 0. The largest absolute Gasteiger partial charge is 0.481 e. The fourth-order valence-corrected chi connectivity index (χ4v) is 2.69. The number of carboxylic acids is 1. The lowest BCUT2D eigenvalue weighted by molar-refractivity contribution is -0.143. The normalized spacial score (nSPS) is 39.5. The second-order valence-electron chi connectivity index (χ2n) is 4.33. The van der Waals surface area contributed by atoms with E-state index in [4.69, 9.17) is 5.11 Å². The molecule has 3 heteroatoms. The Bertz CT molecular complexity index is 205. The molecule has 0 bridgehead atoms. The van der Waals surface area contributed by atoms with Crippen molar-refractivity contribution in [2.75, 3.05) is 6.54 Å². The van der Waals surface area contributed by atoms with E-state index >= 15 is 0 Å². The maximum absolute atomic E-state index is 10.8. The standard InChI is InChI=1S/C10H17NO2/c12-10(13)8-5-7-3-1-2-4-9(7)11-6-8/h7-9,11H,1-6H2,(H,12,13)/t7-,8+,9+/m0/s1. The topological polar surface area (TPSA) is 49.3 Å². The predicted octanol–water partition coefficient (Wildman–Crippen LogP) is 1.24. The van der Waals surface area contributed by atoms with Crippen molar-refractivity contribution in [1.82, 2.24) is 5.32 Å². The molecule has 2 rings (SSSR count). The molecule has 1 heterocycles. The summed E-state index contributed by atoms with van der Waals surface area (Å²) in [6.07, 6.45) is 5.96. The quantitative estimate of drug-likeness (QED) is 0.643. The molecule has 0 unspecified atom stereocenters. The summed E-state index contributed by atoms with van der Waals surface area (Å²) in [6, 6.07) is 0.615. The van der Waals surface area contributed by atoms with E-state index in [1.54, 1.807) is 0 Å². The molecule has 0 spiro atoms. The lowest BCUT2D eigenvalue weighted by Gasteiger charge is -2.38. The van der Waals surface area contributed by atoms with E-state index in [-0.39, 0.29) is 5.92 Å². The van der Waals surface area contributed by atoms with E-state index in [0.29, 0.717) is 18.5 Å². The summed E-state index contributed by atoms with van der Waals surface area (Å²) >= 11 is 0. The zero-order chi connectivity index (χ0) is 9.26. The van der Waals surface area contributed by atoms with Gasteiger partial charge in [0.25, 0.3) is 0 Å². The van der Waals surface area contributed by atoms with Crippen molar-refractivity contribution in [3.05, 3.63) is 0 Å². The number of carbonyl (C=O) groups is 1. The Hall–Kier alpha value is -0.570. The van der Waals surface area contributed by atoms with Crippen LogP contribution in [0.4, 0.5) is 0 Å². The fraction of sp³-hybridized carbons (Fsp3) is 0.900. The van der Waals surface area contributed by atoms with Crippen LogP contribution in [-0.2, 0) is 4.79 Å². The molecular weight excluding hydrogens is 166 g/mol. The number of piperidine rings is 1. The van der Waals surface area contributed by atoms with Crippen molar-refractivity contribution in [3.8, 4) is 0 Å². The van der Waals surface area contributed by atoms with E-state index in [1.807, 2.05) is 0 Å². The number of carboxylic acid groups (broad SMARTS) is 1. The van der Waals surface area contributed by atoms with Crippen molar-refractivity contribution in [1.29, 1.82) is 0 Å².